The van der Waals surface area contributed by atoms with Crippen molar-refractivity contribution in [2.75, 3.05) is 32.2 Å². The first-order chi connectivity index (χ1) is 20.8. The number of anilines is 1. The van der Waals surface area contributed by atoms with Crippen LogP contribution in [0, 0.1) is 0 Å². The molecule has 1 saturated heterocycles. The molecule has 5 rings (SSSR count). The van der Waals surface area contributed by atoms with Crippen LogP contribution in [0.4, 0.5) is 5.82 Å². The molecule has 6 N–H and O–H groups in total. The van der Waals surface area contributed by atoms with Crippen LogP contribution in [0.5, 0.6) is 0 Å². The summed E-state index contributed by atoms with van der Waals surface area (Å²) in [6, 6.07) is 3.56. The molecule has 2 fully saturated rings. The molecule has 0 spiro atoms. The molecule has 0 unspecified atom stereocenters. The van der Waals surface area contributed by atoms with Crippen molar-refractivity contribution in [3.8, 4) is 0 Å². The molecule has 0 amide bonds. The number of halogens is 1. The van der Waals surface area contributed by atoms with Gasteiger partial charge >= 0.3 is 7.60 Å². The smallest absolute Gasteiger partial charge is 0.361 e. The number of hydrogen-bond acceptors (Lipinski definition) is 13. The van der Waals surface area contributed by atoms with E-state index in [2.05, 4.69) is 36.0 Å². The van der Waals surface area contributed by atoms with Gasteiger partial charge in [-0.05, 0) is 36.6 Å². The second-order valence-electron chi connectivity index (χ2n) is 9.90. The maximum Gasteiger partial charge on any atom is 0.361 e. The normalized spacial score (nSPS) is 26.6. The Labute approximate surface area is 242 Å². The summed E-state index contributed by atoms with van der Waals surface area (Å²) in [5.41, 5.74) is 0.880. The highest BCUT2D eigenvalue weighted by atomic mass is 35.5. The Kier molecular flexibility index (Phi) is 8.03. The lowest BCUT2D eigenvalue weighted by molar-refractivity contribution is -0.130. The third-order valence-corrected chi connectivity index (χ3v) is 8.77. The summed E-state index contributed by atoms with van der Waals surface area (Å²) in [5.74, 6) is 0.546. The van der Waals surface area contributed by atoms with Gasteiger partial charge in [0.1, 0.15) is 36.5 Å². The number of ether oxygens (including phenoxy) is 4. The van der Waals surface area contributed by atoms with Crippen LogP contribution in [0.2, 0.25) is 5.28 Å². The van der Waals surface area contributed by atoms with Crippen molar-refractivity contribution in [2.24, 2.45) is 0 Å². The number of methoxy groups -OCH3 is 1. The van der Waals surface area contributed by atoms with Crippen LogP contribution in [-0.2, 0) is 30.1 Å². The Balaban J connectivity index is 1.34. The Bertz CT molecular complexity index is 1460. The number of hydrogen-bond donors (Lipinski definition) is 6. The molecule has 5 atom stereocenters. The molecule has 3 aromatic heterocycles. The van der Waals surface area contributed by atoms with E-state index in [0.29, 0.717) is 17.0 Å². The fourth-order valence-corrected chi connectivity index (χ4v) is 5.87. The number of aliphatic hydroxyl groups excluding tert-OH is 2. The molecule has 17 nitrogen and oxygen atoms in total. The average molecular weight is 622 g/mol. The van der Waals surface area contributed by atoms with Crippen molar-refractivity contribution in [1.29, 1.82) is 0 Å². The molecular formula is C22H32ClN8O9P. The summed E-state index contributed by atoms with van der Waals surface area (Å²) in [4.78, 5) is 24.8. The van der Waals surface area contributed by atoms with E-state index in [4.69, 9.17) is 34.7 Å². The summed E-state index contributed by atoms with van der Waals surface area (Å²) < 4.78 is 57.7. The van der Waals surface area contributed by atoms with Gasteiger partial charge in [-0.2, -0.15) is 10.2 Å². The minimum Gasteiger partial charge on any atom is -0.387 e. The van der Waals surface area contributed by atoms with E-state index in [1.807, 2.05) is 0 Å². The van der Waals surface area contributed by atoms with Gasteiger partial charge in [0.2, 0.25) is 10.6 Å². The third-order valence-electron chi connectivity index (χ3n) is 7.16. The number of nitrogens with zero attached hydrogens (tertiary/aromatic N) is 6. The van der Waals surface area contributed by atoms with Gasteiger partial charge in [-0.1, -0.05) is 18.1 Å². The summed E-state index contributed by atoms with van der Waals surface area (Å²) >= 11 is 6.21. The van der Waals surface area contributed by atoms with Gasteiger partial charge in [0.25, 0.3) is 0 Å². The van der Waals surface area contributed by atoms with Crippen LogP contribution < -0.4 is 5.32 Å². The number of aliphatic hydroxyl groups is 2. The summed E-state index contributed by atoms with van der Waals surface area (Å²) in [5, 5.41) is 39.6. The lowest BCUT2D eigenvalue weighted by Gasteiger charge is -2.34. The Morgan fingerprint density at radius 3 is 2.80 bits per heavy atom. The van der Waals surface area contributed by atoms with E-state index >= 15 is 0 Å². The summed E-state index contributed by atoms with van der Waals surface area (Å²) in [6.07, 6.45) is -1.44. The van der Waals surface area contributed by atoms with Crippen LogP contribution in [0.15, 0.2) is 12.1 Å². The fraction of sp³-hybridized carbons (Fsp3) is 0.682. The van der Waals surface area contributed by atoms with Crippen molar-refractivity contribution in [1.82, 2.24) is 35.2 Å². The highest BCUT2D eigenvalue weighted by Crippen LogP contribution is 2.52. The zero-order chi connectivity index (χ0) is 31.7. The molecule has 1 aliphatic carbocycles. The first kappa shape index (κ1) is 26.3. The number of tetrazole rings is 1. The lowest BCUT2D eigenvalue weighted by atomic mass is 10.1. The highest BCUT2D eigenvalue weighted by molar-refractivity contribution is 7.53. The molecule has 0 radical (unpaired) electrons. The van der Waals surface area contributed by atoms with E-state index in [-0.39, 0.29) is 23.8 Å². The van der Waals surface area contributed by atoms with Crippen LogP contribution in [0.1, 0.15) is 47.4 Å². The first-order valence-corrected chi connectivity index (χ1v) is 14.7. The number of aromatic amines is 1. The molecule has 19 heteroatoms. The maximum atomic E-state index is 12.7. The van der Waals surface area contributed by atoms with Gasteiger partial charge in [-0.15, -0.1) is 15.3 Å². The largest absolute Gasteiger partial charge is 0.387 e. The van der Waals surface area contributed by atoms with Crippen molar-refractivity contribution < 1.29 is 47.6 Å². The number of nitrogens with one attached hydrogen (secondary N) is 2. The van der Waals surface area contributed by atoms with Gasteiger partial charge in [0.15, 0.2) is 11.6 Å². The number of aromatic nitrogens is 7. The lowest BCUT2D eigenvalue weighted by Crippen LogP contribution is -2.45. The molecule has 1 saturated carbocycles. The SMILES string of the molecule is [2H]C([2H])([2H])OC[C@](COCc1nn[nH]n1)(OC[C@H]1O[C@@H](c2ccc3c(NC4CCCC4)nc(Cl)nn23)[C@H](O)[C@@H]1O)P(=O)(O)O. The minimum absolute atomic E-state index is 0.0480. The molecule has 2 aliphatic rings. The standard InChI is InChI=1S/C22H32ClN8O9P/c1-37-10-22(41(34,35)36,11-38-9-16-26-29-30-27-16)39-8-15-17(32)18(33)19(40-15)13-6-7-14-20(24-12-4-2-3-5-12)25-21(23)28-31(13)14/h6-7,12,15,17-19,32-33H,2-5,8-11H2,1H3,(H,24,25,28)(H2,34,35,36)(H,26,27,29,30)/t15-,17-,18-,19+,22+/m1/s1/i1D3. The minimum atomic E-state index is -5.34. The zero-order valence-electron chi connectivity index (χ0n) is 24.5. The van der Waals surface area contributed by atoms with Crippen LogP contribution in [0.3, 0.4) is 0 Å². The van der Waals surface area contributed by atoms with Crippen molar-refractivity contribution in [3.63, 3.8) is 0 Å². The van der Waals surface area contributed by atoms with Crippen LogP contribution in [-0.4, -0.2) is 112 Å². The van der Waals surface area contributed by atoms with Crippen molar-refractivity contribution in [2.45, 2.75) is 68.1 Å². The predicted octanol–water partition coefficient (Wildman–Crippen LogP) is 0.166. The van der Waals surface area contributed by atoms with E-state index < -0.39 is 64.2 Å². The van der Waals surface area contributed by atoms with Crippen LogP contribution >= 0.6 is 19.2 Å². The quantitative estimate of drug-likeness (QED) is 0.140. The number of H-pyrrole nitrogens is 1. The topological polar surface area (TPSA) is 232 Å². The molecule has 0 aromatic carbocycles. The second-order valence-corrected chi connectivity index (χ2v) is 12.1. The second kappa shape index (κ2) is 12.5. The molecule has 4 heterocycles. The van der Waals surface area contributed by atoms with Gasteiger partial charge in [0, 0.05) is 13.1 Å². The molecule has 41 heavy (non-hydrogen) atoms. The maximum absolute atomic E-state index is 12.7. The number of rotatable bonds is 13. The van der Waals surface area contributed by atoms with Gasteiger partial charge < -0.3 is 44.3 Å². The fourth-order valence-electron chi connectivity index (χ4n) is 4.98. The monoisotopic (exact) mass is 621 g/mol. The molecule has 226 valence electrons. The summed E-state index contributed by atoms with van der Waals surface area (Å²) in [7, 11) is -8.37. The van der Waals surface area contributed by atoms with Gasteiger partial charge in [0.05, 0.1) is 29.6 Å². The average Bonchev–Trinajstić information content (AvgIpc) is 3.75. The Hall–Kier alpha value is -2.31. The van der Waals surface area contributed by atoms with Gasteiger partial charge in [-0.3, -0.25) is 4.57 Å². The first-order valence-electron chi connectivity index (χ1n) is 14.2. The molecule has 0 bridgehead atoms. The predicted molar refractivity (Wildman–Crippen MR) is 140 cm³/mol. The van der Waals surface area contributed by atoms with E-state index in [9.17, 15) is 24.6 Å². The van der Waals surface area contributed by atoms with Gasteiger partial charge in [-0.25, -0.2) is 4.52 Å². The highest BCUT2D eigenvalue weighted by Gasteiger charge is 2.52. The van der Waals surface area contributed by atoms with E-state index in [0.717, 1.165) is 25.7 Å². The Morgan fingerprint density at radius 1 is 1.29 bits per heavy atom. The zero-order valence-corrected chi connectivity index (χ0v) is 23.2. The van der Waals surface area contributed by atoms with Crippen LogP contribution in [0.25, 0.3) is 5.52 Å². The van der Waals surface area contributed by atoms with E-state index in [1.54, 1.807) is 12.1 Å². The molecular weight excluding hydrogens is 587 g/mol. The molecule has 3 aromatic rings. The Morgan fingerprint density at radius 2 is 2.10 bits per heavy atom. The van der Waals surface area contributed by atoms with Crippen molar-refractivity contribution >= 4 is 30.5 Å². The summed E-state index contributed by atoms with van der Waals surface area (Å²) in [6.45, 7) is -3.05. The van der Waals surface area contributed by atoms with E-state index in [1.165, 1.54) is 4.52 Å². The third kappa shape index (κ3) is 6.39. The van der Waals surface area contributed by atoms with Crippen molar-refractivity contribution in [3.05, 3.63) is 28.9 Å². The number of fused-ring (bicyclic) bond motifs is 1. The molecule has 1 aliphatic heterocycles.